The molecule has 2 rings (SSSR count). The van der Waals surface area contributed by atoms with E-state index in [1.54, 1.807) is 57.2 Å². The topological polar surface area (TPSA) is 104 Å². The minimum absolute atomic E-state index is 0.308. The summed E-state index contributed by atoms with van der Waals surface area (Å²) in [5, 5.41) is 7.33. The van der Waals surface area contributed by atoms with E-state index in [4.69, 9.17) is 10.3 Å². The number of benzene rings is 2. The summed E-state index contributed by atoms with van der Waals surface area (Å²) in [4.78, 5) is 25.8. The number of rotatable bonds is 2. The van der Waals surface area contributed by atoms with Crippen LogP contribution in [-0.4, -0.2) is 17.6 Å². The maximum Gasteiger partial charge on any atom is 0.412 e. The third kappa shape index (κ3) is 4.46. The fourth-order valence-electron chi connectivity index (χ4n) is 1.98. The number of ether oxygens (including phenoxy) is 1. The van der Waals surface area contributed by atoms with Gasteiger partial charge >= 0.3 is 6.09 Å². The lowest BCUT2D eigenvalue weighted by atomic mass is 10.1. The molecule has 0 fully saturated rings. The van der Waals surface area contributed by atoms with Crippen LogP contribution in [0, 0.1) is 0 Å². The van der Waals surface area contributed by atoms with Crippen molar-refractivity contribution in [3.05, 3.63) is 52.4 Å². The number of nitrogens with zero attached hydrogens (tertiary/aromatic N) is 3. The van der Waals surface area contributed by atoms with Crippen LogP contribution in [-0.2, 0) is 4.74 Å². The number of anilines is 1. The van der Waals surface area contributed by atoms with Crippen LogP contribution in [0.1, 0.15) is 31.1 Å². The molecule has 0 aliphatic heterocycles. The second kappa shape index (κ2) is 6.37. The highest BCUT2D eigenvalue weighted by Gasteiger charge is 2.16. The number of hydrogen-bond acceptors (Lipinski definition) is 3. The molecule has 0 heterocycles. The Morgan fingerprint density at radius 3 is 2.43 bits per heavy atom. The third-order valence-corrected chi connectivity index (χ3v) is 2.87. The van der Waals surface area contributed by atoms with Gasteiger partial charge in [0.2, 0.25) is 5.91 Å². The molecule has 0 radical (unpaired) electrons. The van der Waals surface area contributed by atoms with E-state index in [1.165, 1.54) is 0 Å². The van der Waals surface area contributed by atoms with Gasteiger partial charge in [0, 0.05) is 16.2 Å². The van der Waals surface area contributed by atoms with Gasteiger partial charge in [-0.15, -0.1) is 0 Å². The van der Waals surface area contributed by atoms with E-state index < -0.39 is 17.6 Å². The molecule has 1 N–H and O–H groups in total. The molecule has 0 bridgehead atoms. The Morgan fingerprint density at radius 1 is 1.13 bits per heavy atom. The zero-order chi connectivity index (χ0) is 17.0. The maximum atomic E-state index is 11.8. The quantitative estimate of drug-likeness (QED) is 0.496. The Morgan fingerprint density at radius 2 is 1.78 bits per heavy atom. The normalized spacial score (nSPS) is 10.7. The molecular formula is C16H16N4O3. The van der Waals surface area contributed by atoms with Gasteiger partial charge in [-0.3, -0.25) is 10.1 Å². The molecule has 0 aliphatic carbocycles. The lowest BCUT2D eigenvalue weighted by Gasteiger charge is -2.19. The van der Waals surface area contributed by atoms with Gasteiger partial charge in [0.15, 0.2) is 0 Å². The second-order valence-corrected chi connectivity index (χ2v) is 5.90. The van der Waals surface area contributed by atoms with Gasteiger partial charge in [-0.25, -0.2) is 4.79 Å². The van der Waals surface area contributed by atoms with Crippen LogP contribution < -0.4 is 5.32 Å². The summed E-state index contributed by atoms with van der Waals surface area (Å²) in [6.07, 6.45) is -0.535. The number of carbonyl (C=O) groups is 2. The monoisotopic (exact) mass is 312 g/mol. The summed E-state index contributed by atoms with van der Waals surface area (Å²) in [7, 11) is 0. The van der Waals surface area contributed by atoms with Crippen LogP contribution in [0.25, 0.3) is 21.2 Å². The molecule has 7 nitrogen and oxygen atoms in total. The number of amides is 2. The van der Waals surface area contributed by atoms with E-state index in [0.717, 1.165) is 10.8 Å². The molecule has 2 aromatic rings. The van der Waals surface area contributed by atoms with Crippen LogP contribution in [0.2, 0.25) is 0 Å². The summed E-state index contributed by atoms with van der Waals surface area (Å²) in [6, 6.07) is 10.1. The largest absolute Gasteiger partial charge is 0.444 e. The van der Waals surface area contributed by atoms with Gasteiger partial charge in [0.25, 0.3) is 0 Å². The molecule has 23 heavy (non-hydrogen) atoms. The van der Waals surface area contributed by atoms with Crippen molar-refractivity contribution in [3.63, 3.8) is 0 Å². The minimum atomic E-state index is -0.634. The number of hydrogen-bond donors (Lipinski definition) is 1. The first-order chi connectivity index (χ1) is 10.8. The van der Waals surface area contributed by atoms with Crippen LogP contribution in [0.4, 0.5) is 10.5 Å². The SMILES string of the molecule is CC(C)(C)OC(=O)Nc1ccc2cc(C(=O)N=[N+]=[N-])ccc2c1. The fraction of sp³-hybridized carbons (Fsp3) is 0.250. The average Bonchev–Trinajstić information content (AvgIpc) is 2.44. The molecule has 2 amide bonds. The molecule has 0 atom stereocenters. The first-order valence-corrected chi connectivity index (χ1v) is 6.92. The highest BCUT2D eigenvalue weighted by Crippen LogP contribution is 2.22. The smallest absolute Gasteiger partial charge is 0.412 e. The molecule has 0 saturated carbocycles. The highest BCUT2D eigenvalue weighted by molar-refractivity contribution is 6.00. The Bertz CT molecular complexity index is 818. The molecular weight excluding hydrogens is 296 g/mol. The van der Waals surface area contributed by atoms with Gasteiger partial charge < -0.3 is 4.74 Å². The van der Waals surface area contributed by atoms with Crippen molar-refractivity contribution in [2.75, 3.05) is 5.32 Å². The zero-order valence-electron chi connectivity index (χ0n) is 13.0. The van der Waals surface area contributed by atoms with Gasteiger partial charge in [0.1, 0.15) is 5.60 Å². The van der Waals surface area contributed by atoms with Crippen LogP contribution in [0.3, 0.4) is 0 Å². The summed E-state index contributed by atoms with van der Waals surface area (Å²) in [5.74, 6) is -0.634. The second-order valence-electron chi connectivity index (χ2n) is 5.90. The molecule has 0 aromatic heterocycles. The third-order valence-electron chi connectivity index (χ3n) is 2.87. The standard InChI is InChI=1S/C16H16N4O3/c1-16(2,3)23-15(22)18-13-7-6-10-8-12(14(21)19-20-17)5-4-11(10)9-13/h4-9H,1-3H3,(H,18,22). The first-order valence-electron chi connectivity index (χ1n) is 6.92. The maximum absolute atomic E-state index is 11.8. The van der Waals surface area contributed by atoms with Gasteiger partial charge in [-0.05, 0) is 60.4 Å². The van der Waals surface area contributed by atoms with E-state index in [9.17, 15) is 9.59 Å². The Kier molecular flexibility index (Phi) is 4.52. The van der Waals surface area contributed by atoms with Crippen molar-refractivity contribution >= 4 is 28.5 Å². The summed E-state index contributed by atoms with van der Waals surface area (Å²) in [6.45, 7) is 5.36. The van der Waals surface area contributed by atoms with Gasteiger partial charge in [0.05, 0.1) is 0 Å². The molecule has 0 unspecified atom stereocenters. The Hall–Kier alpha value is -3.05. The van der Waals surface area contributed by atoms with Crippen LogP contribution in [0.5, 0.6) is 0 Å². The number of carbonyl (C=O) groups excluding carboxylic acids is 2. The lowest BCUT2D eigenvalue weighted by Crippen LogP contribution is -2.27. The van der Waals surface area contributed by atoms with Gasteiger partial charge in [-0.2, -0.15) is 0 Å². The summed E-state index contributed by atoms with van der Waals surface area (Å²) < 4.78 is 5.19. The lowest BCUT2D eigenvalue weighted by molar-refractivity contribution is 0.0635. The van der Waals surface area contributed by atoms with Crippen molar-refractivity contribution in [3.8, 4) is 0 Å². The average molecular weight is 312 g/mol. The predicted octanol–water partition coefficient (Wildman–Crippen LogP) is 4.64. The molecule has 0 aliphatic rings. The molecule has 118 valence electrons. The molecule has 0 spiro atoms. The van der Waals surface area contributed by atoms with Crippen molar-refractivity contribution in [2.24, 2.45) is 5.11 Å². The number of fused-ring (bicyclic) bond motifs is 1. The van der Waals surface area contributed by atoms with Gasteiger partial charge in [-0.1, -0.05) is 18.2 Å². The minimum Gasteiger partial charge on any atom is -0.444 e. The van der Waals surface area contributed by atoms with Crippen LogP contribution in [0.15, 0.2) is 41.5 Å². The summed E-state index contributed by atoms with van der Waals surface area (Å²) >= 11 is 0. The van der Waals surface area contributed by atoms with Crippen molar-refractivity contribution in [2.45, 2.75) is 26.4 Å². The molecule has 2 aromatic carbocycles. The number of azide groups is 1. The van der Waals surface area contributed by atoms with E-state index in [0.29, 0.717) is 11.3 Å². The fourth-order valence-corrected chi connectivity index (χ4v) is 1.98. The van der Waals surface area contributed by atoms with Crippen LogP contribution >= 0.6 is 0 Å². The Balaban J connectivity index is 2.23. The van der Waals surface area contributed by atoms with Crippen molar-refractivity contribution in [1.82, 2.24) is 0 Å². The van der Waals surface area contributed by atoms with Crippen molar-refractivity contribution in [1.29, 1.82) is 0 Å². The Labute approximate surface area is 132 Å². The van der Waals surface area contributed by atoms with E-state index in [1.807, 2.05) is 0 Å². The highest BCUT2D eigenvalue weighted by atomic mass is 16.6. The molecule has 7 heteroatoms. The predicted molar refractivity (Wildman–Crippen MR) is 87.3 cm³/mol. The number of nitrogens with one attached hydrogen (secondary N) is 1. The van der Waals surface area contributed by atoms with Crippen molar-refractivity contribution < 1.29 is 14.3 Å². The first kappa shape index (κ1) is 16.3. The van der Waals surface area contributed by atoms with E-state index in [2.05, 4.69) is 15.3 Å². The molecule has 0 saturated heterocycles. The summed E-state index contributed by atoms with van der Waals surface area (Å²) in [5.41, 5.74) is 8.62. The zero-order valence-corrected chi connectivity index (χ0v) is 13.0. The van der Waals surface area contributed by atoms with E-state index in [-0.39, 0.29) is 0 Å². The van der Waals surface area contributed by atoms with E-state index >= 15 is 0 Å².